The minimum absolute atomic E-state index is 0.104. The van der Waals surface area contributed by atoms with Crippen LogP contribution in [0.15, 0.2) is 65.6 Å². The molecule has 0 saturated carbocycles. The van der Waals surface area contributed by atoms with Crippen LogP contribution in [-0.4, -0.2) is 62.0 Å². The number of fused-ring (bicyclic) bond motifs is 1. The van der Waals surface area contributed by atoms with Crippen molar-refractivity contribution in [3.63, 3.8) is 0 Å². The second-order valence-electron chi connectivity index (χ2n) is 8.83. The van der Waals surface area contributed by atoms with Crippen LogP contribution in [0, 0.1) is 0 Å². The molecule has 8 heteroatoms. The van der Waals surface area contributed by atoms with Gasteiger partial charge in [-0.25, -0.2) is 4.79 Å². The number of morpholine rings is 1. The standard InChI is InChI=1S/C28H30N2O5S/c31-26-19-23(6-7-25(26)28(32)35-13-2-10-30-11-15-33-16-12-30)29-36-24-4-1-3-20(18-24)21-5-8-27-22(17-21)9-14-34-27/h1,3-8,17-19,29,31H,2,9-16H2. The lowest BCUT2D eigenvalue weighted by atomic mass is 10.0. The smallest absolute Gasteiger partial charge is 0.341 e. The fraction of sp³-hybridized carbons (Fsp3) is 0.321. The van der Waals surface area contributed by atoms with Gasteiger partial charge in [0.2, 0.25) is 0 Å². The zero-order valence-electron chi connectivity index (χ0n) is 20.1. The monoisotopic (exact) mass is 506 g/mol. The Morgan fingerprint density at radius 3 is 2.75 bits per heavy atom. The molecule has 0 spiro atoms. The first-order valence-electron chi connectivity index (χ1n) is 12.2. The van der Waals surface area contributed by atoms with E-state index in [2.05, 4.69) is 33.9 Å². The largest absolute Gasteiger partial charge is 0.507 e. The third kappa shape index (κ3) is 6.13. The molecular formula is C28H30N2O5S. The molecule has 1 fully saturated rings. The third-order valence-corrected chi connectivity index (χ3v) is 7.14. The summed E-state index contributed by atoms with van der Waals surface area (Å²) in [5.74, 6) is 0.361. The van der Waals surface area contributed by atoms with Crippen molar-refractivity contribution in [2.45, 2.75) is 17.7 Å². The number of ether oxygens (including phenoxy) is 3. The molecule has 2 N–H and O–H groups in total. The summed E-state index contributed by atoms with van der Waals surface area (Å²) in [6.45, 7) is 5.26. The Balaban J connectivity index is 1.13. The zero-order chi connectivity index (χ0) is 24.7. The van der Waals surface area contributed by atoms with Crippen molar-refractivity contribution in [3.8, 4) is 22.6 Å². The summed E-state index contributed by atoms with van der Waals surface area (Å²) < 4.78 is 19.6. The maximum absolute atomic E-state index is 12.4. The van der Waals surface area contributed by atoms with Crippen LogP contribution >= 0.6 is 11.9 Å². The van der Waals surface area contributed by atoms with E-state index in [9.17, 15) is 9.90 Å². The summed E-state index contributed by atoms with van der Waals surface area (Å²) >= 11 is 1.45. The average molecular weight is 507 g/mol. The fourth-order valence-corrected chi connectivity index (χ4v) is 5.04. The van der Waals surface area contributed by atoms with E-state index < -0.39 is 5.97 Å². The van der Waals surface area contributed by atoms with E-state index in [1.807, 2.05) is 18.2 Å². The molecule has 5 rings (SSSR count). The van der Waals surface area contributed by atoms with E-state index >= 15 is 0 Å². The number of nitrogens with zero attached hydrogens (tertiary/aromatic N) is 1. The highest BCUT2D eigenvalue weighted by Gasteiger charge is 2.15. The van der Waals surface area contributed by atoms with Crippen LogP contribution in [0.2, 0.25) is 0 Å². The average Bonchev–Trinajstić information content (AvgIpc) is 3.39. The summed E-state index contributed by atoms with van der Waals surface area (Å²) in [6, 6.07) is 19.5. The number of hydrogen-bond donors (Lipinski definition) is 2. The molecule has 0 atom stereocenters. The Hall–Kier alpha value is -3.20. The minimum Gasteiger partial charge on any atom is -0.507 e. The molecule has 3 aromatic rings. The number of hydrogen-bond acceptors (Lipinski definition) is 8. The van der Waals surface area contributed by atoms with Crippen molar-refractivity contribution in [2.75, 3.05) is 50.8 Å². The van der Waals surface area contributed by atoms with E-state index in [4.69, 9.17) is 14.2 Å². The van der Waals surface area contributed by atoms with Crippen molar-refractivity contribution in [2.24, 2.45) is 0 Å². The number of carbonyl (C=O) groups is 1. The van der Waals surface area contributed by atoms with Gasteiger partial charge in [-0.15, -0.1) is 0 Å². The number of benzene rings is 3. The van der Waals surface area contributed by atoms with Crippen molar-refractivity contribution in [1.82, 2.24) is 4.90 Å². The molecule has 0 aliphatic carbocycles. The summed E-state index contributed by atoms with van der Waals surface area (Å²) in [5, 5.41) is 10.4. The Bertz CT molecular complexity index is 1210. The quantitative estimate of drug-likeness (QED) is 0.239. The van der Waals surface area contributed by atoms with Crippen LogP contribution in [0.25, 0.3) is 11.1 Å². The van der Waals surface area contributed by atoms with E-state index in [1.165, 1.54) is 17.5 Å². The SMILES string of the molecule is O=C(OCCCN1CCOCC1)c1ccc(NSc2cccc(-c3ccc4c(c3)CCO4)c2)cc1O. The normalized spacial score (nSPS) is 15.2. The van der Waals surface area contributed by atoms with E-state index in [0.29, 0.717) is 12.3 Å². The number of aromatic hydroxyl groups is 1. The zero-order valence-corrected chi connectivity index (χ0v) is 20.9. The molecule has 7 nitrogen and oxygen atoms in total. The lowest BCUT2D eigenvalue weighted by Crippen LogP contribution is -2.37. The van der Waals surface area contributed by atoms with E-state index in [0.717, 1.165) is 74.1 Å². The molecule has 0 bridgehead atoms. The van der Waals surface area contributed by atoms with Gasteiger partial charge in [0.05, 0.1) is 26.4 Å². The Kier molecular flexibility index (Phi) is 7.95. The highest BCUT2D eigenvalue weighted by atomic mass is 32.2. The summed E-state index contributed by atoms with van der Waals surface area (Å²) in [6.07, 6.45) is 1.70. The van der Waals surface area contributed by atoms with Gasteiger partial charge in [0, 0.05) is 42.7 Å². The molecule has 0 amide bonds. The maximum atomic E-state index is 12.4. The lowest BCUT2D eigenvalue weighted by Gasteiger charge is -2.26. The van der Waals surface area contributed by atoms with Crippen molar-refractivity contribution >= 4 is 23.6 Å². The van der Waals surface area contributed by atoms with Gasteiger partial charge in [0.25, 0.3) is 0 Å². The third-order valence-electron chi connectivity index (χ3n) is 6.32. The Labute approximate surface area is 215 Å². The molecule has 0 aromatic heterocycles. The Morgan fingerprint density at radius 1 is 1.03 bits per heavy atom. The molecule has 1 saturated heterocycles. The summed E-state index contributed by atoms with van der Waals surface area (Å²) in [7, 11) is 0. The molecule has 188 valence electrons. The molecule has 36 heavy (non-hydrogen) atoms. The van der Waals surface area contributed by atoms with Crippen LogP contribution in [0.5, 0.6) is 11.5 Å². The Morgan fingerprint density at radius 2 is 1.89 bits per heavy atom. The van der Waals surface area contributed by atoms with Crippen LogP contribution in [0.1, 0.15) is 22.3 Å². The molecule has 2 aliphatic rings. The van der Waals surface area contributed by atoms with Gasteiger partial charge in [-0.3, -0.25) is 4.90 Å². The molecule has 0 unspecified atom stereocenters. The summed E-state index contributed by atoms with van der Waals surface area (Å²) in [4.78, 5) is 15.7. The van der Waals surface area contributed by atoms with Gasteiger partial charge >= 0.3 is 5.97 Å². The van der Waals surface area contributed by atoms with Crippen molar-refractivity contribution in [1.29, 1.82) is 0 Å². The van der Waals surface area contributed by atoms with Crippen molar-refractivity contribution in [3.05, 3.63) is 71.8 Å². The molecule has 2 aliphatic heterocycles. The van der Waals surface area contributed by atoms with Gasteiger partial charge in [-0.2, -0.15) is 0 Å². The predicted molar refractivity (Wildman–Crippen MR) is 141 cm³/mol. The molecular weight excluding hydrogens is 476 g/mol. The maximum Gasteiger partial charge on any atom is 0.341 e. The lowest BCUT2D eigenvalue weighted by molar-refractivity contribution is 0.0297. The predicted octanol–water partition coefficient (Wildman–Crippen LogP) is 4.99. The minimum atomic E-state index is -0.513. The number of rotatable bonds is 9. The number of carbonyl (C=O) groups excluding carboxylic acids is 1. The van der Waals surface area contributed by atoms with Gasteiger partial charge in [-0.1, -0.05) is 18.2 Å². The van der Waals surface area contributed by atoms with Crippen LogP contribution < -0.4 is 9.46 Å². The molecule has 3 aromatic carbocycles. The van der Waals surface area contributed by atoms with Crippen molar-refractivity contribution < 1.29 is 24.1 Å². The van der Waals surface area contributed by atoms with Crippen LogP contribution in [0.4, 0.5) is 5.69 Å². The van der Waals surface area contributed by atoms with E-state index in [-0.39, 0.29) is 11.3 Å². The van der Waals surface area contributed by atoms with Gasteiger partial charge in [0.15, 0.2) is 0 Å². The number of phenols is 1. The van der Waals surface area contributed by atoms with Gasteiger partial charge < -0.3 is 24.0 Å². The van der Waals surface area contributed by atoms with Gasteiger partial charge in [-0.05, 0) is 71.5 Å². The second-order valence-corrected chi connectivity index (χ2v) is 9.71. The van der Waals surface area contributed by atoms with Crippen LogP contribution in [0.3, 0.4) is 0 Å². The summed E-state index contributed by atoms with van der Waals surface area (Å²) in [5.41, 5.74) is 4.40. The highest BCUT2D eigenvalue weighted by Crippen LogP contribution is 2.33. The second kappa shape index (κ2) is 11.7. The number of esters is 1. The molecule has 2 heterocycles. The molecule has 0 radical (unpaired) electrons. The number of phenolic OH excluding ortho intramolecular Hbond substituents is 1. The first kappa shape index (κ1) is 24.5. The topological polar surface area (TPSA) is 80.3 Å². The first-order chi connectivity index (χ1) is 17.7. The number of nitrogens with one attached hydrogen (secondary N) is 1. The number of anilines is 1. The van der Waals surface area contributed by atoms with E-state index in [1.54, 1.807) is 18.2 Å². The van der Waals surface area contributed by atoms with Crippen LogP contribution in [-0.2, 0) is 15.9 Å². The highest BCUT2D eigenvalue weighted by molar-refractivity contribution is 8.00. The fourth-order valence-electron chi connectivity index (χ4n) is 4.35. The van der Waals surface area contributed by atoms with Gasteiger partial charge in [0.1, 0.15) is 17.1 Å². The first-order valence-corrected chi connectivity index (χ1v) is 13.1.